The Balaban J connectivity index is 2.61. The normalized spacial score (nSPS) is 10.2. The summed E-state index contributed by atoms with van der Waals surface area (Å²) >= 11 is 0. The van der Waals surface area contributed by atoms with E-state index in [0.717, 1.165) is 5.69 Å². The van der Waals surface area contributed by atoms with Gasteiger partial charge in [0.25, 0.3) is 0 Å². The number of hydrogen-bond acceptors (Lipinski definition) is 5. The quantitative estimate of drug-likeness (QED) is 0.827. The molecule has 2 aromatic heterocycles. The number of nitrogens with two attached hydrogens (primary N) is 1. The van der Waals surface area contributed by atoms with Crippen LogP contribution in [0.15, 0.2) is 12.4 Å². The Morgan fingerprint density at radius 3 is 2.76 bits per heavy atom. The van der Waals surface area contributed by atoms with Crippen molar-refractivity contribution >= 4 is 5.82 Å². The summed E-state index contributed by atoms with van der Waals surface area (Å²) in [6.45, 7) is 3.79. The van der Waals surface area contributed by atoms with Gasteiger partial charge in [-0.05, 0) is 13.3 Å². The van der Waals surface area contributed by atoms with Crippen molar-refractivity contribution in [1.29, 1.82) is 5.26 Å². The number of nitrogen functional groups attached to an aromatic ring is 1. The van der Waals surface area contributed by atoms with E-state index in [1.165, 1.54) is 11.0 Å². The van der Waals surface area contributed by atoms with E-state index >= 15 is 0 Å². The molecule has 0 fully saturated rings. The van der Waals surface area contributed by atoms with Crippen molar-refractivity contribution in [2.75, 3.05) is 5.73 Å². The van der Waals surface area contributed by atoms with Gasteiger partial charge in [0.05, 0.1) is 5.69 Å². The van der Waals surface area contributed by atoms with Gasteiger partial charge in [0.15, 0.2) is 5.82 Å². The fourth-order valence-electron chi connectivity index (χ4n) is 1.58. The molecular weight excluding hydrogens is 216 g/mol. The number of hydrogen-bond donors (Lipinski definition) is 1. The second-order valence-electron chi connectivity index (χ2n) is 3.60. The number of anilines is 1. The van der Waals surface area contributed by atoms with Crippen molar-refractivity contribution in [3.8, 4) is 11.9 Å². The highest BCUT2D eigenvalue weighted by Crippen LogP contribution is 2.19. The zero-order valence-electron chi connectivity index (χ0n) is 9.68. The minimum absolute atomic E-state index is 0.322. The second kappa shape index (κ2) is 4.22. The smallest absolute Gasteiger partial charge is 0.159 e. The van der Waals surface area contributed by atoms with Crippen molar-refractivity contribution in [3.63, 3.8) is 0 Å². The van der Waals surface area contributed by atoms with Crippen LogP contribution in [-0.2, 0) is 6.42 Å². The summed E-state index contributed by atoms with van der Waals surface area (Å²) in [4.78, 5) is 8.10. The molecule has 2 heterocycles. The van der Waals surface area contributed by atoms with E-state index in [4.69, 9.17) is 11.0 Å². The van der Waals surface area contributed by atoms with E-state index in [1.54, 1.807) is 6.07 Å². The molecule has 0 aliphatic heterocycles. The van der Waals surface area contributed by atoms with Crippen LogP contribution < -0.4 is 5.73 Å². The monoisotopic (exact) mass is 228 g/mol. The maximum atomic E-state index is 9.03. The third kappa shape index (κ3) is 1.83. The van der Waals surface area contributed by atoms with Gasteiger partial charge in [-0.15, -0.1) is 0 Å². The van der Waals surface area contributed by atoms with Crippen LogP contribution in [0.25, 0.3) is 5.82 Å². The fraction of sp³-hybridized carbons (Fsp3) is 0.273. The lowest BCUT2D eigenvalue weighted by Crippen LogP contribution is -2.05. The molecule has 0 spiro atoms. The summed E-state index contributed by atoms with van der Waals surface area (Å²) in [7, 11) is 0. The highest BCUT2D eigenvalue weighted by Gasteiger charge is 2.15. The predicted molar refractivity (Wildman–Crippen MR) is 62.4 cm³/mol. The summed E-state index contributed by atoms with van der Waals surface area (Å²) in [5.41, 5.74) is 7.81. The molecule has 0 bridgehead atoms. The third-order valence-corrected chi connectivity index (χ3v) is 2.45. The average Bonchev–Trinajstić information content (AvgIpc) is 2.65. The van der Waals surface area contributed by atoms with Gasteiger partial charge in [0, 0.05) is 11.8 Å². The van der Waals surface area contributed by atoms with Crippen LogP contribution in [0.3, 0.4) is 0 Å². The third-order valence-electron chi connectivity index (χ3n) is 2.45. The van der Waals surface area contributed by atoms with Crippen LogP contribution in [0.1, 0.15) is 23.9 Å². The summed E-state index contributed by atoms with van der Waals surface area (Å²) in [6, 6.07) is 3.84. The maximum Gasteiger partial charge on any atom is 0.159 e. The van der Waals surface area contributed by atoms with Crippen molar-refractivity contribution < 1.29 is 0 Å². The topological polar surface area (TPSA) is 93.4 Å². The van der Waals surface area contributed by atoms with Crippen LogP contribution in [-0.4, -0.2) is 19.7 Å². The molecule has 2 rings (SSSR count). The van der Waals surface area contributed by atoms with Gasteiger partial charge in [-0.25, -0.2) is 9.97 Å². The molecule has 17 heavy (non-hydrogen) atoms. The number of rotatable bonds is 2. The standard InChI is InChI=1S/C11H12N6/c1-3-9-8(5-12)11(13)17(16-9)10-4-7(2)14-6-15-10/h4,6H,3,13H2,1-2H3. The van der Waals surface area contributed by atoms with Crippen molar-refractivity contribution in [3.05, 3.63) is 29.3 Å². The van der Waals surface area contributed by atoms with Crippen LogP contribution in [0.2, 0.25) is 0 Å². The summed E-state index contributed by atoms with van der Waals surface area (Å²) in [5, 5.41) is 13.3. The molecule has 6 nitrogen and oxygen atoms in total. The molecular formula is C11H12N6. The number of aryl methyl sites for hydroxylation is 2. The number of nitrogens with zero attached hydrogens (tertiary/aromatic N) is 5. The molecule has 0 aliphatic rings. The highest BCUT2D eigenvalue weighted by atomic mass is 15.3. The van der Waals surface area contributed by atoms with Gasteiger partial charge in [-0.2, -0.15) is 15.0 Å². The maximum absolute atomic E-state index is 9.03. The molecule has 0 aromatic carbocycles. The number of aromatic nitrogens is 4. The fourth-order valence-corrected chi connectivity index (χ4v) is 1.58. The minimum Gasteiger partial charge on any atom is -0.382 e. The average molecular weight is 228 g/mol. The molecule has 2 aromatic rings. The van der Waals surface area contributed by atoms with E-state index in [2.05, 4.69) is 21.1 Å². The zero-order chi connectivity index (χ0) is 12.4. The van der Waals surface area contributed by atoms with E-state index < -0.39 is 0 Å². The molecule has 0 aliphatic carbocycles. The highest BCUT2D eigenvalue weighted by molar-refractivity contribution is 5.55. The molecule has 0 unspecified atom stereocenters. The summed E-state index contributed by atoms with van der Waals surface area (Å²) < 4.78 is 1.48. The van der Waals surface area contributed by atoms with Crippen LogP contribution in [0.4, 0.5) is 5.82 Å². The molecule has 0 radical (unpaired) electrons. The lowest BCUT2D eigenvalue weighted by Gasteiger charge is -2.02. The van der Waals surface area contributed by atoms with Crippen molar-refractivity contribution in [2.45, 2.75) is 20.3 Å². The predicted octanol–water partition coefficient (Wildman–Crippen LogP) is 0.987. The first-order valence-electron chi connectivity index (χ1n) is 5.23. The molecule has 86 valence electrons. The van der Waals surface area contributed by atoms with Gasteiger partial charge in [0.2, 0.25) is 0 Å². The number of nitriles is 1. The molecule has 0 saturated carbocycles. The Bertz CT molecular complexity index is 592. The molecule has 2 N–H and O–H groups in total. The molecule has 0 amide bonds. The minimum atomic E-state index is 0.322. The van der Waals surface area contributed by atoms with Crippen LogP contribution >= 0.6 is 0 Å². The Labute approximate surface area is 98.7 Å². The Morgan fingerprint density at radius 2 is 2.24 bits per heavy atom. The Morgan fingerprint density at radius 1 is 1.47 bits per heavy atom. The van der Waals surface area contributed by atoms with Gasteiger partial charge >= 0.3 is 0 Å². The largest absolute Gasteiger partial charge is 0.382 e. The van der Waals surface area contributed by atoms with E-state index in [9.17, 15) is 0 Å². The first-order chi connectivity index (χ1) is 8.17. The van der Waals surface area contributed by atoms with Crippen LogP contribution in [0, 0.1) is 18.3 Å². The van der Waals surface area contributed by atoms with Gasteiger partial charge in [-0.1, -0.05) is 6.92 Å². The molecule has 0 atom stereocenters. The second-order valence-corrected chi connectivity index (χ2v) is 3.60. The first kappa shape index (κ1) is 11.1. The Hall–Kier alpha value is -2.42. The van der Waals surface area contributed by atoms with Crippen molar-refractivity contribution in [2.24, 2.45) is 0 Å². The van der Waals surface area contributed by atoms with Gasteiger partial charge in [0.1, 0.15) is 23.8 Å². The van der Waals surface area contributed by atoms with Gasteiger partial charge < -0.3 is 5.73 Å². The zero-order valence-corrected chi connectivity index (χ0v) is 9.68. The molecule has 0 saturated heterocycles. The lowest BCUT2D eigenvalue weighted by molar-refractivity contribution is 0.815. The Kier molecular flexibility index (Phi) is 2.75. The van der Waals surface area contributed by atoms with Crippen molar-refractivity contribution in [1.82, 2.24) is 19.7 Å². The summed E-state index contributed by atoms with van der Waals surface area (Å²) in [5.74, 6) is 0.897. The van der Waals surface area contributed by atoms with E-state index in [1.807, 2.05) is 13.8 Å². The SMILES string of the molecule is CCc1nn(-c2cc(C)ncn2)c(N)c1C#N. The lowest BCUT2D eigenvalue weighted by atomic mass is 10.2. The van der Waals surface area contributed by atoms with E-state index in [0.29, 0.717) is 29.3 Å². The van der Waals surface area contributed by atoms with Crippen LogP contribution in [0.5, 0.6) is 0 Å². The first-order valence-corrected chi connectivity index (χ1v) is 5.23. The van der Waals surface area contributed by atoms with Gasteiger partial charge in [-0.3, -0.25) is 0 Å². The summed E-state index contributed by atoms with van der Waals surface area (Å²) in [6.07, 6.45) is 2.10. The molecule has 6 heteroatoms. The van der Waals surface area contributed by atoms with E-state index in [-0.39, 0.29) is 0 Å².